The summed E-state index contributed by atoms with van der Waals surface area (Å²) in [6, 6.07) is 29.2. The number of hydrogen-bond acceptors (Lipinski definition) is 0. The molecule has 0 aliphatic rings. The van der Waals surface area contributed by atoms with Crippen LogP contribution in [0.4, 0.5) is 0 Å². The van der Waals surface area contributed by atoms with Crippen LogP contribution in [0.25, 0.3) is 0 Å². The molecule has 27 heavy (non-hydrogen) atoms. The highest BCUT2D eigenvalue weighted by Gasteiger charge is 2.20. The maximum absolute atomic E-state index is 2.30. The topological polar surface area (TPSA) is 0 Å². The molecule has 0 radical (unpaired) electrons. The Hall–Kier alpha value is -2.34. The van der Waals surface area contributed by atoms with Crippen LogP contribution in [-0.2, 0) is 10.8 Å². The van der Waals surface area contributed by atoms with E-state index in [9.17, 15) is 0 Å². The second-order valence-electron chi connectivity index (χ2n) is 9.59. The zero-order valence-electron chi connectivity index (χ0n) is 17.6. The minimum atomic E-state index is 0.176. The third-order valence-electron chi connectivity index (χ3n) is 5.35. The molecule has 0 atom stereocenters. The number of hydrogen-bond donors (Lipinski definition) is 0. The summed E-state index contributed by atoms with van der Waals surface area (Å²) in [6.07, 6.45) is 0. The summed E-state index contributed by atoms with van der Waals surface area (Å²) in [7, 11) is 0. The van der Waals surface area contributed by atoms with Crippen LogP contribution in [-0.4, -0.2) is 0 Å². The first-order valence-corrected chi connectivity index (χ1v) is 9.92. The first kappa shape index (κ1) is 19.4. The molecule has 0 fully saturated rings. The molecule has 0 N–H and O–H groups in total. The maximum Gasteiger partial charge on any atom is 0.0339 e. The Bertz CT molecular complexity index is 797. The third-order valence-corrected chi connectivity index (χ3v) is 5.35. The first-order valence-electron chi connectivity index (χ1n) is 9.92. The van der Waals surface area contributed by atoms with Gasteiger partial charge in [-0.1, -0.05) is 120 Å². The van der Waals surface area contributed by atoms with Gasteiger partial charge in [0.1, 0.15) is 0 Å². The number of benzene rings is 3. The molecule has 0 aliphatic heterocycles. The second-order valence-corrected chi connectivity index (χ2v) is 9.59. The monoisotopic (exact) mass is 356 g/mol. The van der Waals surface area contributed by atoms with Gasteiger partial charge in [0.05, 0.1) is 0 Å². The molecule has 3 rings (SSSR count). The van der Waals surface area contributed by atoms with E-state index < -0.39 is 0 Å². The van der Waals surface area contributed by atoms with E-state index in [0.717, 1.165) is 0 Å². The van der Waals surface area contributed by atoms with Gasteiger partial charge in [-0.05, 0) is 38.6 Å². The summed E-state index contributed by atoms with van der Waals surface area (Å²) in [5.74, 6) is 0.259. The van der Waals surface area contributed by atoms with Gasteiger partial charge in [-0.15, -0.1) is 0 Å². The van der Waals surface area contributed by atoms with Crippen LogP contribution in [0.3, 0.4) is 0 Å². The lowest BCUT2D eigenvalue weighted by Gasteiger charge is -2.24. The van der Waals surface area contributed by atoms with Gasteiger partial charge >= 0.3 is 0 Å². The lowest BCUT2D eigenvalue weighted by molar-refractivity contribution is 0.589. The Labute approximate surface area is 165 Å². The van der Waals surface area contributed by atoms with E-state index in [2.05, 4.69) is 120 Å². The van der Waals surface area contributed by atoms with E-state index >= 15 is 0 Å². The highest BCUT2D eigenvalue weighted by atomic mass is 14.2. The first-order chi connectivity index (χ1) is 12.7. The molecule has 140 valence electrons. The van der Waals surface area contributed by atoms with Gasteiger partial charge in [-0.25, -0.2) is 0 Å². The molecule has 0 saturated carbocycles. The van der Waals surface area contributed by atoms with Gasteiger partial charge < -0.3 is 0 Å². The predicted molar refractivity (Wildman–Crippen MR) is 118 cm³/mol. The van der Waals surface area contributed by atoms with Gasteiger partial charge in [0.2, 0.25) is 0 Å². The van der Waals surface area contributed by atoms with Crippen LogP contribution in [0.1, 0.15) is 75.3 Å². The summed E-state index contributed by atoms with van der Waals surface area (Å²) in [5, 5.41) is 0. The van der Waals surface area contributed by atoms with Crippen molar-refractivity contribution in [3.05, 3.63) is 107 Å². The Balaban J connectivity index is 2.05. The van der Waals surface area contributed by atoms with Crippen LogP contribution >= 0.6 is 0 Å². The largest absolute Gasteiger partial charge is 0.0622 e. The minimum absolute atomic E-state index is 0.176. The van der Waals surface area contributed by atoms with Crippen LogP contribution in [0, 0.1) is 0 Å². The van der Waals surface area contributed by atoms with Crippen molar-refractivity contribution in [2.45, 2.75) is 58.3 Å². The highest BCUT2D eigenvalue weighted by Crippen LogP contribution is 2.34. The van der Waals surface area contributed by atoms with Crippen molar-refractivity contribution < 1.29 is 0 Å². The van der Waals surface area contributed by atoms with Crippen molar-refractivity contribution in [2.75, 3.05) is 0 Å². The van der Waals surface area contributed by atoms with Gasteiger partial charge in [-0.3, -0.25) is 0 Å². The standard InChI is InChI=1S/C27H32/c1-26(2,3)23-16-12-21(13-17-23)25(20-10-8-7-9-11-20)22-14-18-24(19-15-22)27(4,5)6/h7-19,25H,1-6H3. The van der Waals surface area contributed by atoms with Crippen molar-refractivity contribution in [1.29, 1.82) is 0 Å². The average Bonchev–Trinajstić information content (AvgIpc) is 2.62. The maximum atomic E-state index is 2.30. The fourth-order valence-electron chi connectivity index (χ4n) is 3.57. The Morgan fingerprint density at radius 2 is 0.778 bits per heavy atom. The zero-order valence-corrected chi connectivity index (χ0v) is 17.6. The van der Waals surface area contributed by atoms with Gasteiger partial charge in [-0.2, -0.15) is 0 Å². The van der Waals surface area contributed by atoms with Crippen LogP contribution in [0.15, 0.2) is 78.9 Å². The smallest absolute Gasteiger partial charge is 0.0339 e. The zero-order chi connectivity index (χ0) is 19.7. The molecule has 3 aromatic rings. The Morgan fingerprint density at radius 1 is 0.444 bits per heavy atom. The van der Waals surface area contributed by atoms with E-state index in [1.165, 1.54) is 27.8 Å². The van der Waals surface area contributed by atoms with Crippen LogP contribution < -0.4 is 0 Å². The SMILES string of the molecule is CC(C)(C)c1ccc(C(c2ccccc2)c2ccc(C(C)(C)C)cc2)cc1. The van der Waals surface area contributed by atoms with E-state index in [4.69, 9.17) is 0 Å². The van der Waals surface area contributed by atoms with E-state index in [1.807, 2.05) is 0 Å². The van der Waals surface area contributed by atoms with Crippen molar-refractivity contribution >= 4 is 0 Å². The third kappa shape index (κ3) is 4.50. The molecule has 0 aliphatic carbocycles. The van der Waals surface area contributed by atoms with E-state index in [1.54, 1.807) is 0 Å². The summed E-state index contributed by atoms with van der Waals surface area (Å²) in [6.45, 7) is 13.6. The van der Waals surface area contributed by atoms with Crippen molar-refractivity contribution in [2.24, 2.45) is 0 Å². The Morgan fingerprint density at radius 3 is 1.11 bits per heavy atom. The van der Waals surface area contributed by atoms with Gasteiger partial charge in [0.15, 0.2) is 0 Å². The van der Waals surface area contributed by atoms with Crippen molar-refractivity contribution in [3.63, 3.8) is 0 Å². The molecule has 3 aromatic carbocycles. The Kier molecular flexibility index (Phi) is 5.29. The molecule has 0 aromatic heterocycles. The molecule has 0 bridgehead atoms. The molecule has 0 nitrogen and oxygen atoms in total. The average molecular weight is 357 g/mol. The van der Waals surface area contributed by atoms with E-state index in [0.29, 0.717) is 0 Å². The highest BCUT2D eigenvalue weighted by molar-refractivity contribution is 5.45. The quantitative estimate of drug-likeness (QED) is 0.427. The van der Waals surface area contributed by atoms with E-state index in [-0.39, 0.29) is 16.7 Å². The number of rotatable bonds is 3. The molecule has 0 amide bonds. The normalized spacial score (nSPS) is 12.4. The molecular formula is C27H32. The molecule has 0 saturated heterocycles. The van der Waals surface area contributed by atoms with Crippen molar-refractivity contribution in [1.82, 2.24) is 0 Å². The summed E-state index contributed by atoms with van der Waals surface area (Å²) < 4.78 is 0. The predicted octanol–water partition coefficient (Wildman–Crippen LogP) is 7.46. The lowest BCUT2D eigenvalue weighted by Crippen LogP contribution is -2.12. The molecule has 0 heterocycles. The molecular weight excluding hydrogens is 324 g/mol. The molecule has 0 unspecified atom stereocenters. The van der Waals surface area contributed by atoms with Crippen LogP contribution in [0.2, 0.25) is 0 Å². The van der Waals surface area contributed by atoms with Gasteiger partial charge in [0, 0.05) is 5.92 Å². The summed E-state index contributed by atoms with van der Waals surface area (Å²) in [4.78, 5) is 0. The second kappa shape index (κ2) is 7.35. The summed E-state index contributed by atoms with van der Waals surface area (Å²) >= 11 is 0. The minimum Gasteiger partial charge on any atom is -0.0622 e. The van der Waals surface area contributed by atoms with Gasteiger partial charge in [0.25, 0.3) is 0 Å². The van der Waals surface area contributed by atoms with Crippen molar-refractivity contribution in [3.8, 4) is 0 Å². The lowest BCUT2D eigenvalue weighted by atomic mass is 9.80. The molecule has 0 heteroatoms. The fraction of sp³-hybridized carbons (Fsp3) is 0.333. The summed E-state index contributed by atoms with van der Waals surface area (Å²) in [5.41, 5.74) is 7.13. The fourth-order valence-corrected chi connectivity index (χ4v) is 3.57. The van der Waals surface area contributed by atoms with Crippen LogP contribution in [0.5, 0.6) is 0 Å². The molecule has 0 spiro atoms.